The minimum atomic E-state index is 0.344. The van der Waals surface area contributed by atoms with Gasteiger partial charge in [-0.25, -0.2) is 9.97 Å². The quantitative estimate of drug-likeness (QED) is 0.728. The molecule has 0 saturated carbocycles. The monoisotopic (exact) mass is 276 g/mol. The first-order chi connectivity index (χ1) is 9.81. The molecule has 0 atom stereocenters. The van der Waals surface area contributed by atoms with Crippen molar-refractivity contribution in [3.63, 3.8) is 0 Å². The molecule has 0 aromatic carbocycles. The number of hydrogen-bond acceptors (Lipinski definition) is 7. The minimum absolute atomic E-state index is 0.344. The Bertz CT molecular complexity index is 536. The average Bonchev–Trinajstić information content (AvgIpc) is 2.92. The second kappa shape index (κ2) is 5.83. The Balaban J connectivity index is 1.47. The van der Waals surface area contributed by atoms with Crippen LogP contribution in [0.3, 0.4) is 0 Å². The van der Waals surface area contributed by atoms with Crippen molar-refractivity contribution in [1.29, 1.82) is 0 Å². The van der Waals surface area contributed by atoms with E-state index < -0.39 is 0 Å². The van der Waals surface area contributed by atoms with Gasteiger partial charge in [0.05, 0.1) is 6.54 Å². The SMILES string of the molecule is Nc1c[n+](CCN2CCN(c3ncccn3)CC2)no1. The van der Waals surface area contributed by atoms with Gasteiger partial charge in [-0.3, -0.25) is 9.42 Å². The van der Waals surface area contributed by atoms with Gasteiger partial charge in [0.15, 0.2) is 6.54 Å². The maximum atomic E-state index is 5.49. The Labute approximate surface area is 116 Å². The van der Waals surface area contributed by atoms with Crippen LogP contribution in [-0.2, 0) is 6.54 Å². The van der Waals surface area contributed by atoms with Gasteiger partial charge in [-0.1, -0.05) is 0 Å². The highest BCUT2D eigenvalue weighted by Crippen LogP contribution is 2.09. The molecule has 3 heterocycles. The third-order valence-electron chi connectivity index (χ3n) is 3.38. The van der Waals surface area contributed by atoms with E-state index in [4.69, 9.17) is 10.3 Å². The van der Waals surface area contributed by atoms with Gasteiger partial charge in [-0.05, 0) is 10.7 Å². The van der Waals surface area contributed by atoms with Crippen molar-refractivity contribution in [1.82, 2.24) is 20.1 Å². The summed E-state index contributed by atoms with van der Waals surface area (Å²) in [7, 11) is 0. The van der Waals surface area contributed by atoms with Crippen LogP contribution in [0.1, 0.15) is 0 Å². The molecule has 0 radical (unpaired) electrons. The van der Waals surface area contributed by atoms with Gasteiger partial charge in [-0.15, -0.1) is 0 Å². The summed E-state index contributed by atoms with van der Waals surface area (Å²) in [5, 5.41) is 3.82. The first kappa shape index (κ1) is 12.8. The van der Waals surface area contributed by atoms with Gasteiger partial charge < -0.3 is 10.6 Å². The van der Waals surface area contributed by atoms with Crippen molar-refractivity contribution < 1.29 is 9.20 Å². The van der Waals surface area contributed by atoms with E-state index in [0.29, 0.717) is 5.88 Å². The van der Waals surface area contributed by atoms with Crippen LogP contribution in [0.15, 0.2) is 29.2 Å². The Morgan fingerprint density at radius 3 is 2.60 bits per heavy atom. The van der Waals surface area contributed by atoms with E-state index in [9.17, 15) is 0 Å². The molecule has 20 heavy (non-hydrogen) atoms. The minimum Gasteiger partial charge on any atom is -0.362 e. The number of nitrogens with zero attached hydrogens (tertiary/aromatic N) is 6. The highest BCUT2D eigenvalue weighted by Gasteiger charge is 2.20. The molecule has 2 aromatic heterocycles. The van der Waals surface area contributed by atoms with E-state index in [0.717, 1.165) is 45.2 Å². The fourth-order valence-electron chi connectivity index (χ4n) is 2.27. The zero-order valence-electron chi connectivity index (χ0n) is 11.2. The maximum Gasteiger partial charge on any atom is 0.293 e. The summed E-state index contributed by atoms with van der Waals surface area (Å²) in [6.45, 7) is 5.58. The fraction of sp³-hybridized carbons (Fsp3) is 0.500. The lowest BCUT2D eigenvalue weighted by atomic mass is 10.3. The average molecular weight is 276 g/mol. The summed E-state index contributed by atoms with van der Waals surface area (Å²) >= 11 is 0. The third kappa shape index (κ3) is 3.02. The molecule has 2 N–H and O–H groups in total. The van der Waals surface area contributed by atoms with Gasteiger partial charge in [0.25, 0.3) is 12.1 Å². The van der Waals surface area contributed by atoms with Crippen LogP contribution in [-0.4, -0.2) is 52.9 Å². The molecule has 1 fully saturated rings. The van der Waals surface area contributed by atoms with E-state index in [-0.39, 0.29) is 0 Å². The molecule has 0 bridgehead atoms. The highest BCUT2D eigenvalue weighted by atomic mass is 16.5. The van der Waals surface area contributed by atoms with Crippen LogP contribution in [0, 0.1) is 0 Å². The Hall–Kier alpha value is -2.22. The summed E-state index contributed by atoms with van der Waals surface area (Å²) in [5.74, 6) is 1.15. The largest absolute Gasteiger partial charge is 0.362 e. The molecule has 3 rings (SSSR count). The van der Waals surface area contributed by atoms with Gasteiger partial charge in [0.1, 0.15) is 0 Å². The van der Waals surface area contributed by atoms with Crippen LogP contribution < -0.4 is 15.3 Å². The number of nitrogens with two attached hydrogens (primary N) is 1. The molecular weight excluding hydrogens is 258 g/mol. The Morgan fingerprint density at radius 2 is 1.95 bits per heavy atom. The first-order valence-corrected chi connectivity index (χ1v) is 6.67. The van der Waals surface area contributed by atoms with Crippen molar-refractivity contribution in [2.24, 2.45) is 0 Å². The zero-order valence-corrected chi connectivity index (χ0v) is 11.2. The number of anilines is 2. The van der Waals surface area contributed by atoms with E-state index in [2.05, 4.69) is 25.0 Å². The number of hydrogen-bond donors (Lipinski definition) is 1. The second-order valence-corrected chi connectivity index (χ2v) is 4.74. The molecule has 8 nitrogen and oxygen atoms in total. The molecule has 0 amide bonds. The van der Waals surface area contributed by atoms with Gasteiger partial charge in [-0.2, -0.15) is 0 Å². The van der Waals surface area contributed by atoms with Crippen molar-refractivity contribution in [3.8, 4) is 0 Å². The van der Waals surface area contributed by atoms with Crippen molar-refractivity contribution in [2.45, 2.75) is 6.54 Å². The standard InChI is InChI=1S/C12H18N7O/c13-11-10-19(16-20-11)9-6-17-4-7-18(8-5-17)12-14-2-1-3-15-12/h1-3,10H,4-9,13H2/q+1. The number of piperazine rings is 1. The molecule has 1 aliphatic rings. The van der Waals surface area contributed by atoms with Crippen LogP contribution in [0.2, 0.25) is 0 Å². The summed E-state index contributed by atoms with van der Waals surface area (Å²) in [5.41, 5.74) is 5.49. The van der Waals surface area contributed by atoms with E-state index in [1.165, 1.54) is 0 Å². The third-order valence-corrected chi connectivity index (χ3v) is 3.38. The lowest BCUT2D eigenvalue weighted by molar-refractivity contribution is -0.761. The molecule has 0 spiro atoms. The molecular formula is C12H18N7O+. The summed E-state index contributed by atoms with van der Waals surface area (Å²) in [4.78, 5) is 13.2. The summed E-state index contributed by atoms with van der Waals surface area (Å²) in [6.07, 6.45) is 5.26. The van der Waals surface area contributed by atoms with Gasteiger partial charge in [0, 0.05) is 38.6 Å². The van der Waals surface area contributed by atoms with Crippen molar-refractivity contribution in [3.05, 3.63) is 24.7 Å². The van der Waals surface area contributed by atoms with Gasteiger partial charge in [0.2, 0.25) is 11.2 Å². The van der Waals surface area contributed by atoms with Gasteiger partial charge >= 0.3 is 0 Å². The molecule has 2 aromatic rings. The topological polar surface area (TPSA) is 88.2 Å². The Kier molecular flexibility index (Phi) is 3.73. The first-order valence-electron chi connectivity index (χ1n) is 6.67. The lowest BCUT2D eigenvalue weighted by Gasteiger charge is -2.33. The van der Waals surface area contributed by atoms with Crippen LogP contribution in [0.4, 0.5) is 11.8 Å². The summed E-state index contributed by atoms with van der Waals surface area (Å²) < 4.78 is 6.55. The van der Waals surface area contributed by atoms with Crippen molar-refractivity contribution in [2.75, 3.05) is 43.4 Å². The molecule has 0 unspecified atom stereocenters. The molecule has 1 saturated heterocycles. The predicted octanol–water partition coefficient (Wildman–Crippen LogP) is -0.843. The van der Waals surface area contributed by atoms with Crippen molar-refractivity contribution >= 4 is 11.8 Å². The van der Waals surface area contributed by atoms with E-state index >= 15 is 0 Å². The molecule has 106 valence electrons. The number of aromatic nitrogens is 4. The second-order valence-electron chi connectivity index (χ2n) is 4.74. The predicted molar refractivity (Wildman–Crippen MR) is 71.8 cm³/mol. The van der Waals surface area contributed by atoms with E-state index in [1.807, 2.05) is 6.07 Å². The van der Waals surface area contributed by atoms with Crippen LogP contribution in [0.5, 0.6) is 0 Å². The van der Waals surface area contributed by atoms with Crippen LogP contribution in [0.25, 0.3) is 0 Å². The summed E-state index contributed by atoms with van der Waals surface area (Å²) in [6, 6.07) is 1.83. The Morgan fingerprint density at radius 1 is 1.20 bits per heavy atom. The zero-order chi connectivity index (χ0) is 13.8. The molecule has 8 heteroatoms. The molecule has 1 aliphatic heterocycles. The lowest BCUT2D eigenvalue weighted by Crippen LogP contribution is -2.50. The number of rotatable bonds is 4. The maximum absolute atomic E-state index is 5.49. The normalized spacial score (nSPS) is 16.5. The van der Waals surface area contributed by atoms with Crippen LogP contribution >= 0.6 is 0 Å². The smallest absolute Gasteiger partial charge is 0.293 e. The van der Waals surface area contributed by atoms with E-state index in [1.54, 1.807) is 23.3 Å². The molecule has 0 aliphatic carbocycles. The number of nitrogen functional groups attached to an aromatic ring is 1. The fourth-order valence-corrected chi connectivity index (χ4v) is 2.27. The highest BCUT2D eigenvalue weighted by molar-refractivity contribution is 5.29.